The van der Waals surface area contributed by atoms with Crippen molar-refractivity contribution in [2.45, 2.75) is 32.4 Å². The Labute approximate surface area is 146 Å². The number of hydrogen-bond donors (Lipinski definition) is 2. The highest BCUT2D eigenvalue weighted by Gasteiger charge is 2.25. The van der Waals surface area contributed by atoms with E-state index < -0.39 is 0 Å². The van der Waals surface area contributed by atoms with Crippen molar-refractivity contribution >= 4 is 17.3 Å². The lowest BCUT2D eigenvalue weighted by Gasteiger charge is -2.24. The predicted molar refractivity (Wildman–Crippen MR) is 96.7 cm³/mol. The lowest BCUT2D eigenvalue weighted by molar-refractivity contribution is 0.266. The number of hydrogen-bond acceptors (Lipinski definition) is 6. The lowest BCUT2D eigenvalue weighted by atomic mass is 10.2. The Hall–Kier alpha value is -2.67. The molecule has 1 aliphatic rings. The number of imidazole rings is 1. The van der Waals surface area contributed by atoms with Gasteiger partial charge in [-0.15, -0.1) is 0 Å². The number of aromatic nitrogens is 4. The molecule has 1 unspecified atom stereocenters. The maximum atomic E-state index is 9.50. The molecule has 130 valence electrons. The van der Waals surface area contributed by atoms with E-state index in [0.29, 0.717) is 6.54 Å². The van der Waals surface area contributed by atoms with Crippen LogP contribution in [0.1, 0.15) is 24.1 Å². The Morgan fingerprint density at radius 1 is 1.28 bits per heavy atom. The zero-order valence-corrected chi connectivity index (χ0v) is 14.3. The van der Waals surface area contributed by atoms with E-state index in [1.807, 2.05) is 22.7 Å². The summed E-state index contributed by atoms with van der Waals surface area (Å²) in [5.41, 5.74) is 3.10. The number of fused-ring (bicyclic) bond motifs is 1. The Morgan fingerprint density at radius 3 is 3.08 bits per heavy atom. The number of aryl methyl sites for hydroxylation is 1. The molecule has 3 aromatic heterocycles. The van der Waals surface area contributed by atoms with Gasteiger partial charge in [0.05, 0.1) is 24.9 Å². The Morgan fingerprint density at radius 2 is 2.20 bits per heavy atom. The Balaban J connectivity index is 1.48. The molecule has 0 aliphatic carbocycles. The summed E-state index contributed by atoms with van der Waals surface area (Å²) in [5, 5.41) is 12.8. The SMILES string of the molecule is Cc1ccc2nc(CNc3cc(N4CCCC4CO)ncn3)cn2c1. The summed E-state index contributed by atoms with van der Waals surface area (Å²) in [7, 11) is 0. The number of aliphatic hydroxyl groups excluding tert-OH is 1. The first kappa shape index (κ1) is 15.8. The van der Waals surface area contributed by atoms with Gasteiger partial charge in [-0.1, -0.05) is 6.07 Å². The van der Waals surface area contributed by atoms with Gasteiger partial charge < -0.3 is 19.7 Å². The van der Waals surface area contributed by atoms with Crippen LogP contribution in [-0.4, -0.2) is 43.7 Å². The molecule has 1 atom stereocenters. The molecule has 0 amide bonds. The zero-order chi connectivity index (χ0) is 17.2. The van der Waals surface area contributed by atoms with Crippen LogP contribution in [0.25, 0.3) is 5.65 Å². The lowest BCUT2D eigenvalue weighted by Crippen LogP contribution is -2.32. The van der Waals surface area contributed by atoms with Gasteiger partial charge in [-0.3, -0.25) is 0 Å². The van der Waals surface area contributed by atoms with Crippen LogP contribution in [-0.2, 0) is 6.54 Å². The summed E-state index contributed by atoms with van der Waals surface area (Å²) in [6, 6.07) is 6.17. The second-order valence-electron chi connectivity index (χ2n) is 6.49. The van der Waals surface area contributed by atoms with E-state index in [0.717, 1.165) is 42.4 Å². The van der Waals surface area contributed by atoms with Gasteiger partial charge >= 0.3 is 0 Å². The van der Waals surface area contributed by atoms with Crippen LogP contribution < -0.4 is 10.2 Å². The molecule has 1 aliphatic heterocycles. The number of nitrogens with one attached hydrogen (secondary N) is 1. The fourth-order valence-corrected chi connectivity index (χ4v) is 3.35. The Bertz CT molecular complexity index is 877. The van der Waals surface area contributed by atoms with Gasteiger partial charge in [0, 0.05) is 25.0 Å². The van der Waals surface area contributed by atoms with Crippen molar-refractivity contribution in [1.82, 2.24) is 19.4 Å². The summed E-state index contributed by atoms with van der Waals surface area (Å²) in [6.07, 6.45) is 7.75. The first-order valence-corrected chi connectivity index (χ1v) is 8.60. The molecule has 25 heavy (non-hydrogen) atoms. The van der Waals surface area contributed by atoms with Crippen LogP contribution in [0.5, 0.6) is 0 Å². The number of anilines is 2. The van der Waals surface area contributed by atoms with Gasteiger partial charge in [-0.2, -0.15) is 0 Å². The third kappa shape index (κ3) is 3.28. The topological polar surface area (TPSA) is 78.6 Å². The van der Waals surface area contributed by atoms with Crippen molar-refractivity contribution < 1.29 is 5.11 Å². The van der Waals surface area contributed by atoms with Crippen molar-refractivity contribution in [1.29, 1.82) is 0 Å². The van der Waals surface area contributed by atoms with Crippen molar-refractivity contribution in [2.24, 2.45) is 0 Å². The molecule has 2 N–H and O–H groups in total. The van der Waals surface area contributed by atoms with E-state index in [4.69, 9.17) is 0 Å². The second kappa shape index (κ2) is 6.68. The van der Waals surface area contributed by atoms with E-state index in [1.165, 1.54) is 5.56 Å². The van der Waals surface area contributed by atoms with Crippen LogP contribution in [0.4, 0.5) is 11.6 Å². The first-order chi connectivity index (χ1) is 12.2. The zero-order valence-electron chi connectivity index (χ0n) is 14.3. The average Bonchev–Trinajstić information content (AvgIpc) is 3.26. The average molecular weight is 338 g/mol. The second-order valence-corrected chi connectivity index (χ2v) is 6.49. The number of nitrogens with zero attached hydrogens (tertiary/aromatic N) is 5. The summed E-state index contributed by atoms with van der Waals surface area (Å²) >= 11 is 0. The number of rotatable bonds is 5. The quantitative estimate of drug-likeness (QED) is 0.741. The van der Waals surface area contributed by atoms with Crippen LogP contribution >= 0.6 is 0 Å². The van der Waals surface area contributed by atoms with E-state index in [2.05, 4.69) is 44.4 Å². The van der Waals surface area contributed by atoms with Gasteiger partial charge in [-0.05, 0) is 31.4 Å². The minimum absolute atomic E-state index is 0.157. The highest BCUT2D eigenvalue weighted by atomic mass is 16.3. The predicted octanol–water partition coefficient (Wildman–Crippen LogP) is 2.01. The highest BCUT2D eigenvalue weighted by molar-refractivity contribution is 5.50. The van der Waals surface area contributed by atoms with E-state index in [-0.39, 0.29) is 12.6 Å². The Kier molecular flexibility index (Phi) is 4.23. The summed E-state index contributed by atoms with van der Waals surface area (Å²) in [5.74, 6) is 1.63. The van der Waals surface area contributed by atoms with Crippen molar-refractivity contribution in [2.75, 3.05) is 23.4 Å². The maximum absolute atomic E-state index is 9.50. The summed E-state index contributed by atoms with van der Waals surface area (Å²) in [4.78, 5) is 15.4. The molecule has 1 fully saturated rings. The molecule has 0 spiro atoms. The van der Waals surface area contributed by atoms with Crippen LogP contribution in [0.3, 0.4) is 0 Å². The molecule has 4 heterocycles. The number of aliphatic hydroxyl groups is 1. The van der Waals surface area contributed by atoms with Crippen LogP contribution in [0.15, 0.2) is 36.9 Å². The minimum atomic E-state index is 0.157. The largest absolute Gasteiger partial charge is 0.394 e. The molecule has 0 bridgehead atoms. The van der Waals surface area contributed by atoms with Gasteiger partial charge in [-0.25, -0.2) is 15.0 Å². The van der Waals surface area contributed by atoms with Crippen molar-refractivity contribution in [3.63, 3.8) is 0 Å². The molecule has 3 aromatic rings. The van der Waals surface area contributed by atoms with E-state index in [9.17, 15) is 5.11 Å². The van der Waals surface area contributed by atoms with Gasteiger partial charge in [0.2, 0.25) is 0 Å². The fraction of sp³-hybridized carbons (Fsp3) is 0.389. The molecule has 7 heteroatoms. The van der Waals surface area contributed by atoms with E-state index in [1.54, 1.807) is 6.33 Å². The molecule has 0 aromatic carbocycles. The maximum Gasteiger partial charge on any atom is 0.137 e. The molecule has 4 rings (SSSR count). The van der Waals surface area contributed by atoms with Crippen LogP contribution in [0, 0.1) is 6.92 Å². The normalized spacial score (nSPS) is 17.4. The monoisotopic (exact) mass is 338 g/mol. The van der Waals surface area contributed by atoms with Crippen LogP contribution in [0.2, 0.25) is 0 Å². The van der Waals surface area contributed by atoms with Gasteiger partial charge in [0.25, 0.3) is 0 Å². The third-order valence-electron chi connectivity index (χ3n) is 4.63. The summed E-state index contributed by atoms with van der Waals surface area (Å²) in [6.45, 7) is 3.75. The molecule has 0 saturated carbocycles. The number of pyridine rings is 1. The molecular weight excluding hydrogens is 316 g/mol. The standard InChI is InChI=1S/C18H22N6O/c1-13-4-5-17-22-14(10-23(17)9-13)8-19-16-7-18(21-12-20-16)24-6-2-3-15(24)11-25/h4-5,7,9-10,12,15,25H,2-3,6,8,11H2,1H3,(H,19,20,21). The fourth-order valence-electron chi connectivity index (χ4n) is 3.35. The van der Waals surface area contributed by atoms with Gasteiger partial charge in [0.1, 0.15) is 23.6 Å². The molecule has 7 nitrogen and oxygen atoms in total. The minimum Gasteiger partial charge on any atom is -0.394 e. The smallest absolute Gasteiger partial charge is 0.137 e. The van der Waals surface area contributed by atoms with Crippen molar-refractivity contribution in [3.05, 3.63) is 48.2 Å². The molecular formula is C18H22N6O. The van der Waals surface area contributed by atoms with Gasteiger partial charge in [0.15, 0.2) is 0 Å². The van der Waals surface area contributed by atoms with E-state index >= 15 is 0 Å². The highest BCUT2D eigenvalue weighted by Crippen LogP contribution is 2.24. The third-order valence-corrected chi connectivity index (χ3v) is 4.63. The summed E-state index contributed by atoms with van der Waals surface area (Å²) < 4.78 is 2.04. The molecule has 0 radical (unpaired) electrons. The molecule has 1 saturated heterocycles. The first-order valence-electron chi connectivity index (χ1n) is 8.60. The van der Waals surface area contributed by atoms with Crippen molar-refractivity contribution in [3.8, 4) is 0 Å².